The number of anilines is 2. The monoisotopic (exact) mass is 417 g/mol. The molecule has 1 aromatic carbocycles. The number of halogens is 1. The van der Waals surface area contributed by atoms with E-state index in [0.717, 1.165) is 19.4 Å². The average Bonchev–Trinajstić information content (AvgIpc) is 3.17. The van der Waals surface area contributed by atoms with Gasteiger partial charge in [0.1, 0.15) is 5.82 Å². The second-order valence-corrected chi connectivity index (χ2v) is 7.59. The number of likely N-dealkylation sites (N-methyl/N-ethyl adjacent to an activating group) is 1. The summed E-state index contributed by atoms with van der Waals surface area (Å²) in [5.41, 5.74) is 0.711. The normalized spacial score (nSPS) is 11.2. The molecule has 0 N–H and O–H groups in total. The number of carbonyl (C=O) groups is 2. The Labute approximate surface area is 175 Å². The highest BCUT2D eigenvalue weighted by molar-refractivity contribution is 7.14. The maximum atomic E-state index is 14.2. The zero-order chi connectivity index (χ0) is 21.4. The van der Waals surface area contributed by atoms with Crippen LogP contribution in [-0.4, -0.2) is 34.8 Å². The molecule has 0 bridgehead atoms. The third-order valence-electron chi connectivity index (χ3n) is 4.83. The second kappa shape index (κ2) is 10.9. The molecule has 2 rings (SSSR count). The van der Waals surface area contributed by atoms with E-state index in [9.17, 15) is 14.0 Å². The first kappa shape index (κ1) is 22.7. The van der Waals surface area contributed by atoms with Gasteiger partial charge in [-0.3, -0.25) is 14.5 Å². The summed E-state index contributed by atoms with van der Waals surface area (Å²) < 4.78 is 14.2. The number of para-hydroxylation sites is 1. The van der Waals surface area contributed by atoms with Gasteiger partial charge < -0.3 is 4.90 Å². The Morgan fingerprint density at radius 1 is 1.21 bits per heavy atom. The van der Waals surface area contributed by atoms with Crippen molar-refractivity contribution in [1.29, 1.82) is 0 Å². The molecule has 1 aromatic heterocycles. The molecule has 2 aromatic rings. The largest absolute Gasteiger partial charge is 0.339 e. The van der Waals surface area contributed by atoms with Gasteiger partial charge in [0, 0.05) is 31.5 Å². The average molecular weight is 418 g/mol. The lowest BCUT2D eigenvalue weighted by molar-refractivity contribution is -0.126. The van der Waals surface area contributed by atoms with Crippen LogP contribution < -0.4 is 4.90 Å². The summed E-state index contributed by atoms with van der Waals surface area (Å²) in [5.74, 6) is -0.405. The van der Waals surface area contributed by atoms with E-state index in [1.54, 1.807) is 23.6 Å². The Hall–Kier alpha value is -2.54. The van der Waals surface area contributed by atoms with Crippen molar-refractivity contribution in [2.45, 2.75) is 40.5 Å². The summed E-state index contributed by atoms with van der Waals surface area (Å²) in [6.45, 7) is 8.98. The maximum absolute atomic E-state index is 14.2. The molecule has 2 amide bonds. The molecule has 0 aliphatic rings. The van der Waals surface area contributed by atoms with Crippen molar-refractivity contribution >= 4 is 40.0 Å². The van der Waals surface area contributed by atoms with Crippen LogP contribution in [0.4, 0.5) is 15.2 Å². The zero-order valence-corrected chi connectivity index (χ0v) is 18.2. The number of carbonyl (C=O) groups excluding carboxylic acids is 2. The van der Waals surface area contributed by atoms with Gasteiger partial charge in [-0.1, -0.05) is 38.8 Å². The van der Waals surface area contributed by atoms with Crippen molar-refractivity contribution < 1.29 is 14.0 Å². The number of aromatic nitrogens is 1. The van der Waals surface area contributed by atoms with Gasteiger partial charge in [-0.05, 0) is 31.1 Å². The summed E-state index contributed by atoms with van der Waals surface area (Å²) in [6.07, 6.45) is 5.22. The maximum Gasteiger partial charge on any atom is 0.246 e. The Balaban J connectivity index is 2.17. The minimum absolute atomic E-state index is 0.0634. The molecule has 0 saturated carbocycles. The van der Waals surface area contributed by atoms with Crippen LogP contribution >= 0.6 is 11.3 Å². The Morgan fingerprint density at radius 3 is 2.48 bits per heavy atom. The number of rotatable bonds is 9. The van der Waals surface area contributed by atoms with Crippen molar-refractivity contribution in [3.8, 4) is 0 Å². The fourth-order valence-corrected chi connectivity index (χ4v) is 3.84. The molecule has 0 unspecified atom stereocenters. The standard InChI is InChI=1S/C22H28FN3O2S/c1-5-17(6-2)14-25(7-3)21(28)13-12-18-15-29-22(24-18)26(16(4)27)20-11-9-8-10-19(20)23/h8-13,15,17H,5-7,14H2,1-4H3/b13-12+. The lowest BCUT2D eigenvalue weighted by atomic mass is 10.0. The Kier molecular flexibility index (Phi) is 8.51. The van der Waals surface area contributed by atoms with E-state index in [2.05, 4.69) is 18.8 Å². The number of amides is 2. The van der Waals surface area contributed by atoms with Crippen LogP contribution in [0.1, 0.15) is 46.2 Å². The van der Waals surface area contributed by atoms with Gasteiger partial charge in [0.2, 0.25) is 11.8 Å². The van der Waals surface area contributed by atoms with Crippen LogP contribution in [-0.2, 0) is 9.59 Å². The number of hydrogen-bond donors (Lipinski definition) is 0. The molecular weight excluding hydrogens is 389 g/mol. The molecule has 156 valence electrons. The quantitative estimate of drug-likeness (QED) is 0.523. The second-order valence-electron chi connectivity index (χ2n) is 6.75. The van der Waals surface area contributed by atoms with E-state index in [1.165, 1.54) is 41.4 Å². The molecule has 0 radical (unpaired) electrons. The van der Waals surface area contributed by atoms with E-state index in [4.69, 9.17) is 0 Å². The van der Waals surface area contributed by atoms with Crippen LogP contribution in [0.3, 0.4) is 0 Å². The van der Waals surface area contributed by atoms with Crippen LogP contribution in [0.25, 0.3) is 6.08 Å². The lowest BCUT2D eigenvalue weighted by Crippen LogP contribution is -2.33. The first-order valence-electron chi connectivity index (χ1n) is 9.88. The zero-order valence-electron chi connectivity index (χ0n) is 17.4. The van der Waals surface area contributed by atoms with Crippen molar-refractivity contribution in [2.24, 2.45) is 5.92 Å². The third kappa shape index (κ3) is 5.97. The number of nitrogens with zero attached hydrogens (tertiary/aromatic N) is 3. The molecule has 5 nitrogen and oxygen atoms in total. The van der Waals surface area contributed by atoms with E-state index < -0.39 is 5.82 Å². The highest BCUT2D eigenvalue weighted by Gasteiger charge is 2.20. The van der Waals surface area contributed by atoms with E-state index in [1.807, 2.05) is 11.8 Å². The predicted octanol–water partition coefficient (Wildman–Crippen LogP) is 5.26. The summed E-state index contributed by atoms with van der Waals surface area (Å²) >= 11 is 1.22. The van der Waals surface area contributed by atoms with Gasteiger partial charge >= 0.3 is 0 Å². The van der Waals surface area contributed by atoms with Crippen LogP contribution in [0, 0.1) is 11.7 Å². The summed E-state index contributed by atoms with van der Waals surface area (Å²) in [6, 6.07) is 6.08. The molecule has 0 aliphatic heterocycles. The predicted molar refractivity (Wildman–Crippen MR) is 117 cm³/mol. The minimum atomic E-state index is -0.495. The summed E-state index contributed by atoms with van der Waals surface area (Å²) in [5, 5.41) is 2.10. The van der Waals surface area contributed by atoms with Gasteiger partial charge in [0.25, 0.3) is 0 Å². The summed E-state index contributed by atoms with van der Waals surface area (Å²) in [4.78, 5) is 32.1. The van der Waals surface area contributed by atoms with Gasteiger partial charge in [0.15, 0.2) is 5.13 Å². The molecule has 29 heavy (non-hydrogen) atoms. The van der Waals surface area contributed by atoms with Gasteiger partial charge in [0.05, 0.1) is 11.4 Å². The molecule has 0 aliphatic carbocycles. The molecule has 0 spiro atoms. The smallest absolute Gasteiger partial charge is 0.246 e. The highest BCUT2D eigenvalue weighted by atomic mass is 32.1. The van der Waals surface area contributed by atoms with Crippen molar-refractivity contribution in [3.05, 3.63) is 47.2 Å². The molecule has 1 heterocycles. The van der Waals surface area contributed by atoms with Crippen LogP contribution in [0.2, 0.25) is 0 Å². The summed E-state index contributed by atoms with van der Waals surface area (Å²) in [7, 11) is 0. The molecule has 7 heteroatoms. The number of benzene rings is 1. The van der Waals surface area contributed by atoms with Gasteiger partial charge in [-0.15, -0.1) is 11.3 Å². The van der Waals surface area contributed by atoms with E-state index in [0.29, 0.717) is 23.3 Å². The van der Waals surface area contributed by atoms with Crippen LogP contribution in [0.15, 0.2) is 35.7 Å². The number of thiazole rings is 1. The topological polar surface area (TPSA) is 53.5 Å². The third-order valence-corrected chi connectivity index (χ3v) is 5.68. The van der Waals surface area contributed by atoms with Gasteiger partial charge in [-0.25, -0.2) is 9.37 Å². The van der Waals surface area contributed by atoms with Gasteiger partial charge in [-0.2, -0.15) is 0 Å². The minimum Gasteiger partial charge on any atom is -0.339 e. The van der Waals surface area contributed by atoms with E-state index in [-0.39, 0.29) is 17.5 Å². The van der Waals surface area contributed by atoms with Crippen molar-refractivity contribution in [3.63, 3.8) is 0 Å². The van der Waals surface area contributed by atoms with E-state index >= 15 is 0 Å². The first-order chi connectivity index (χ1) is 13.9. The fraction of sp³-hybridized carbons (Fsp3) is 0.409. The lowest BCUT2D eigenvalue weighted by Gasteiger charge is -2.24. The molecule has 0 saturated heterocycles. The van der Waals surface area contributed by atoms with Crippen molar-refractivity contribution in [2.75, 3.05) is 18.0 Å². The molecular formula is C22H28FN3O2S. The molecule has 0 atom stereocenters. The first-order valence-corrected chi connectivity index (χ1v) is 10.8. The Morgan fingerprint density at radius 2 is 1.90 bits per heavy atom. The number of hydrogen-bond acceptors (Lipinski definition) is 4. The SMILES string of the molecule is CCC(CC)CN(CC)C(=O)/C=C/c1csc(N(C(C)=O)c2ccccc2F)n1. The van der Waals surface area contributed by atoms with Crippen molar-refractivity contribution in [1.82, 2.24) is 9.88 Å². The molecule has 0 fully saturated rings. The highest BCUT2D eigenvalue weighted by Crippen LogP contribution is 2.31. The fourth-order valence-electron chi connectivity index (χ4n) is 2.99. The van der Waals surface area contributed by atoms with Crippen LogP contribution in [0.5, 0.6) is 0 Å². The Bertz CT molecular complexity index is 861.